The molecule has 2 fully saturated rings. The molecule has 7 nitrogen and oxygen atoms in total. The molecule has 9 heteroatoms. The molecule has 2 aliphatic heterocycles. The van der Waals surface area contributed by atoms with E-state index in [0.29, 0.717) is 25.0 Å². The molecule has 146 valence electrons. The summed E-state index contributed by atoms with van der Waals surface area (Å²) in [7, 11) is -3.85. The zero-order valence-electron chi connectivity index (χ0n) is 15.1. The molecule has 2 aliphatic rings. The Balaban J connectivity index is 0.00000243. The summed E-state index contributed by atoms with van der Waals surface area (Å²) in [5.41, 5.74) is 1.13. The number of piperidine rings is 1. The van der Waals surface area contributed by atoms with Crippen molar-refractivity contribution in [3.8, 4) is 0 Å². The molecule has 26 heavy (non-hydrogen) atoms. The molecule has 0 aliphatic carbocycles. The number of benzene rings is 1. The number of nitrogens with zero attached hydrogens (tertiary/aromatic N) is 2. The minimum Gasteiger partial charge on any atom is -0.314 e. The van der Waals surface area contributed by atoms with Crippen LogP contribution in [0.15, 0.2) is 17.0 Å². The lowest BCUT2D eigenvalue weighted by Gasteiger charge is -2.34. The second-order valence-corrected chi connectivity index (χ2v) is 9.01. The highest BCUT2D eigenvalue weighted by Gasteiger charge is 2.36. The molecular weight excluding hydrogens is 378 g/mol. The molecule has 0 aromatic heterocycles. The number of sulfonamides is 1. The number of hydrogen-bond donors (Lipinski definition) is 1. The van der Waals surface area contributed by atoms with Gasteiger partial charge in [-0.25, -0.2) is 8.42 Å². The molecule has 0 amide bonds. The number of nitro benzene ring substituents is 1. The summed E-state index contributed by atoms with van der Waals surface area (Å²) >= 11 is 0. The molecule has 1 N–H and O–H groups in total. The number of halogens is 1. The largest absolute Gasteiger partial charge is 0.314 e. The van der Waals surface area contributed by atoms with Crippen LogP contribution in [0.5, 0.6) is 0 Å². The van der Waals surface area contributed by atoms with Crippen molar-refractivity contribution in [1.82, 2.24) is 9.62 Å². The van der Waals surface area contributed by atoms with Gasteiger partial charge in [0.15, 0.2) is 4.90 Å². The van der Waals surface area contributed by atoms with Crippen LogP contribution in [-0.2, 0) is 10.0 Å². The van der Waals surface area contributed by atoms with E-state index in [0.717, 1.165) is 36.9 Å². The number of nitro groups is 1. The zero-order valence-corrected chi connectivity index (χ0v) is 16.7. The first-order chi connectivity index (χ1) is 11.8. The Bertz CT molecular complexity index is 770. The second-order valence-electron chi connectivity index (χ2n) is 7.11. The first-order valence-electron chi connectivity index (χ1n) is 8.80. The third kappa shape index (κ3) is 4.03. The molecule has 0 radical (unpaired) electrons. The fourth-order valence-corrected chi connectivity index (χ4v) is 5.59. The van der Waals surface area contributed by atoms with E-state index < -0.39 is 14.9 Å². The molecule has 1 atom stereocenters. The van der Waals surface area contributed by atoms with E-state index >= 15 is 0 Å². The van der Waals surface area contributed by atoms with Gasteiger partial charge in [0.2, 0.25) is 10.0 Å². The minimum atomic E-state index is -3.85. The van der Waals surface area contributed by atoms with Crippen LogP contribution in [0.4, 0.5) is 5.69 Å². The summed E-state index contributed by atoms with van der Waals surface area (Å²) in [6.45, 7) is 5.41. The quantitative estimate of drug-likeness (QED) is 0.616. The highest BCUT2D eigenvalue weighted by molar-refractivity contribution is 7.89. The van der Waals surface area contributed by atoms with Gasteiger partial charge in [-0.3, -0.25) is 10.1 Å². The maximum Gasteiger partial charge on any atom is 0.289 e. The lowest BCUT2D eigenvalue weighted by Crippen LogP contribution is -2.43. The van der Waals surface area contributed by atoms with E-state index in [-0.39, 0.29) is 23.0 Å². The van der Waals surface area contributed by atoms with Gasteiger partial charge >= 0.3 is 0 Å². The van der Waals surface area contributed by atoms with E-state index in [1.54, 1.807) is 13.8 Å². The molecule has 0 bridgehead atoms. The van der Waals surface area contributed by atoms with E-state index in [4.69, 9.17) is 0 Å². The molecule has 1 aromatic rings. The Kier molecular flexibility index (Phi) is 6.65. The Morgan fingerprint density at radius 2 is 1.77 bits per heavy atom. The summed E-state index contributed by atoms with van der Waals surface area (Å²) in [6.07, 6.45) is 3.93. The van der Waals surface area contributed by atoms with Crippen LogP contribution >= 0.6 is 12.4 Å². The van der Waals surface area contributed by atoms with Crippen LogP contribution < -0.4 is 5.32 Å². The Morgan fingerprint density at radius 1 is 1.15 bits per heavy atom. The van der Waals surface area contributed by atoms with E-state index in [1.165, 1.54) is 22.9 Å². The SMILES string of the molecule is Cc1cc([N+](=O)[O-])c(S(=O)(=O)N2CCC(C3CCCN3)CC2)cc1C.Cl. The van der Waals surface area contributed by atoms with Gasteiger partial charge in [-0.1, -0.05) is 0 Å². The summed E-state index contributed by atoms with van der Waals surface area (Å²) in [4.78, 5) is 10.6. The van der Waals surface area contributed by atoms with Crippen molar-refractivity contribution >= 4 is 28.1 Å². The molecule has 2 saturated heterocycles. The van der Waals surface area contributed by atoms with Crippen molar-refractivity contribution in [2.24, 2.45) is 5.92 Å². The monoisotopic (exact) mass is 403 g/mol. The van der Waals surface area contributed by atoms with Crippen molar-refractivity contribution in [2.45, 2.75) is 50.5 Å². The van der Waals surface area contributed by atoms with Gasteiger partial charge in [0.25, 0.3) is 5.69 Å². The first kappa shape index (κ1) is 21.1. The van der Waals surface area contributed by atoms with Gasteiger partial charge in [-0.2, -0.15) is 4.31 Å². The molecule has 1 aromatic carbocycles. The number of rotatable bonds is 4. The predicted molar refractivity (Wildman–Crippen MR) is 102 cm³/mol. The van der Waals surface area contributed by atoms with E-state index in [2.05, 4.69) is 5.32 Å². The molecular formula is C17H26ClN3O4S. The van der Waals surface area contributed by atoms with Crippen LogP contribution in [0, 0.1) is 29.9 Å². The Hall–Kier alpha value is -1.22. The van der Waals surface area contributed by atoms with Crippen LogP contribution in [-0.4, -0.2) is 43.3 Å². The van der Waals surface area contributed by atoms with Gasteiger partial charge in [0.1, 0.15) is 0 Å². The number of hydrogen-bond acceptors (Lipinski definition) is 5. The standard InChI is InChI=1S/C17H25N3O4S.ClH/c1-12-10-16(20(21)22)17(11-13(12)2)25(23,24)19-8-5-14(6-9-19)15-4-3-7-18-15;/h10-11,14-15,18H,3-9H2,1-2H3;1H. The van der Waals surface area contributed by atoms with Crippen molar-refractivity contribution in [3.63, 3.8) is 0 Å². The zero-order chi connectivity index (χ0) is 18.2. The average molecular weight is 404 g/mol. The van der Waals surface area contributed by atoms with Crippen LogP contribution in [0.1, 0.15) is 36.8 Å². The number of nitrogens with one attached hydrogen (secondary N) is 1. The van der Waals surface area contributed by atoms with Crippen molar-refractivity contribution in [3.05, 3.63) is 33.4 Å². The van der Waals surface area contributed by atoms with E-state index in [1.807, 2.05) is 0 Å². The first-order valence-corrected chi connectivity index (χ1v) is 10.2. The maximum absolute atomic E-state index is 13.0. The van der Waals surface area contributed by atoms with E-state index in [9.17, 15) is 18.5 Å². The summed E-state index contributed by atoms with van der Waals surface area (Å²) in [5.74, 6) is 0.490. The fraction of sp³-hybridized carbons (Fsp3) is 0.647. The molecule has 2 heterocycles. The van der Waals surface area contributed by atoms with Gasteiger partial charge in [0.05, 0.1) is 4.92 Å². The maximum atomic E-state index is 13.0. The van der Waals surface area contributed by atoms with Crippen molar-refractivity contribution in [2.75, 3.05) is 19.6 Å². The Morgan fingerprint density at radius 3 is 2.31 bits per heavy atom. The van der Waals surface area contributed by atoms with Crippen molar-refractivity contribution < 1.29 is 13.3 Å². The van der Waals surface area contributed by atoms with Gasteiger partial charge in [-0.05, 0) is 69.2 Å². The minimum absolute atomic E-state index is 0. The fourth-order valence-electron chi connectivity index (χ4n) is 3.90. The third-order valence-corrected chi connectivity index (χ3v) is 7.48. The second kappa shape index (κ2) is 8.21. The van der Waals surface area contributed by atoms with Gasteiger partial charge in [-0.15, -0.1) is 12.4 Å². The normalized spacial score (nSPS) is 22.2. The van der Waals surface area contributed by atoms with Crippen LogP contribution in [0.3, 0.4) is 0 Å². The Labute approximate surface area is 160 Å². The average Bonchev–Trinajstić information content (AvgIpc) is 3.11. The molecule has 0 spiro atoms. The van der Waals surface area contributed by atoms with Crippen LogP contribution in [0.25, 0.3) is 0 Å². The highest BCUT2D eigenvalue weighted by Crippen LogP contribution is 2.33. The summed E-state index contributed by atoms with van der Waals surface area (Å²) < 4.78 is 27.4. The topological polar surface area (TPSA) is 92.5 Å². The van der Waals surface area contributed by atoms with Gasteiger partial charge in [0, 0.05) is 25.2 Å². The molecule has 0 saturated carbocycles. The third-order valence-electron chi connectivity index (χ3n) is 5.56. The lowest BCUT2D eigenvalue weighted by atomic mass is 9.89. The summed E-state index contributed by atoms with van der Waals surface area (Å²) in [6, 6.07) is 3.28. The smallest absolute Gasteiger partial charge is 0.289 e. The molecule has 1 unspecified atom stereocenters. The lowest BCUT2D eigenvalue weighted by molar-refractivity contribution is -0.387. The van der Waals surface area contributed by atoms with Crippen LogP contribution in [0.2, 0.25) is 0 Å². The number of aryl methyl sites for hydroxylation is 2. The van der Waals surface area contributed by atoms with Gasteiger partial charge < -0.3 is 5.32 Å². The highest BCUT2D eigenvalue weighted by atomic mass is 35.5. The van der Waals surface area contributed by atoms with Crippen molar-refractivity contribution in [1.29, 1.82) is 0 Å². The summed E-state index contributed by atoms with van der Waals surface area (Å²) in [5, 5.41) is 14.8. The molecule has 3 rings (SSSR count). The predicted octanol–water partition coefficient (Wildman–Crippen LogP) is 2.79.